The molecule has 116 valence electrons. The van der Waals surface area contributed by atoms with E-state index in [-0.39, 0.29) is 6.61 Å². The Morgan fingerprint density at radius 3 is 3.00 bits per heavy atom. The highest BCUT2D eigenvalue weighted by Crippen LogP contribution is 2.40. The number of piperidine rings is 1. The lowest BCUT2D eigenvalue weighted by molar-refractivity contribution is 0.281. The summed E-state index contributed by atoms with van der Waals surface area (Å²) in [7, 11) is 0. The van der Waals surface area contributed by atoms with Gasteiger partial charge >= 0.3 is 0 Å². The Morgan fingerprint density at radius 1 is 1.27 bits per heavy atom. The fourth-order valence-electron chi connectivity index (χ4n) is 3.17. The van der Waals surface area contributed by atoms with E-state index < -0.39 is 0 Å². The average Bonchev–Trinajstić information content (AvgIpc) is 3.32. The number of hydrogen-bond acceptors (Lipinski definition) is 6. The van der Waals surface area contributed by atoms with Crippen LogP contribution in [0.15, 0.2) is 23.0 Å². The van der Waals surface area contributed by atoms with Crippen LogP contribution in [-0.2, 0) is 6.61 Å². The molecule has 0 radical (unpaired) electrons. The number of aliphatic hydroxyl groups excluding tert-OH is 1. The Labute approximate surface area is 129 Å². The van der Waals surface area contributed by atoms with Crippen molar-refractivity contribution in [2.75, 3.05) is 18.0 Å². The van der Waals surface area contributed by atoms with Crippen LogP contribution in [-0.4, -0.2) is 33.3 Å². The van der Waals surface area contributed by atoms with Crippen molar-refractivity contribution in [3.63, 3.8) is 0 Å². The summed E-state index contributed by atoms with van der Waals surface area (Å²) in [5.41, 5.74) is 1.93. The van der Waals surface area contributed by atoms with Crippen molar-refractivity contribution < 1.29 is 9.63 Å². The summed E-state index contributed by atoms with van der Waals surface area (Å²) >= 11 is 0. The van der Waals surface area contributed by atoms with Crippen LogP contribution in [0.3, 0.4) is 0 Å². The van der Waals surface area contributed by atoms with Crippen molar-refractivity contribution in [1.82, 2.24) is 15.1 Å². The van der Waals surface area contributed by atoms with Gasteiger partial charge in [0.1, 0.15) is 0 Å². The van der Waals surface area contributed by atoms with Gasteiger partial charge in [0.25, 0.3) is 0 Å². The quantitative estimate of drug-likeness (QED) is 0.933. The third-order valence-electron chi connectivity index (χ3n) is 4.56. The number of anilines is 1. The second-order valence-corrected chi connectivity index (χ2v) is 6.21. The monoisotopic (exact) mass is 300 g/mol. The zero-order chi connectivity index (χ0) is 14.9. The van der Waals surface area contributed by atoms with Crippen LogP contribution in [0.2, 0.25) is 0 Å². The molecule has 6 nitrogen and oxygen atoms in total. The van der Waals surface area contributed by atoms with Gasteiger partial charge in [0.05, 0.1) is 6.61 Å². The number of aromatic nitrogens is 3. The first-order valence-electron chi connectivity index (χ1n) is 7.97. The molecule has 2 aromatic heterocycles. The molecule has 0 amide bonds. The van der Waals surface area contributed by atoms with Crippen molar-refractivity contribution in [2.24, 2.45) is 0 Å². The van der Waals surface area contributed by atoms with E-state index in [2.05, 4.69) is 20.0 Å². The standard InChI is InChI=1S/C16H20N4O2/c21-10-13-8-17-6-5-14(13)20-7-1-2-12(9-20)15-18-16(22-19-15)11-3-4-11/h5-6,8,11-12,21H,1-4,7,9-10H2. The second kappa shape index (κ2) is 5.68. The number of rotatable bonds is 4. The molecule has 0 bridgehead atoms. The predicted octanol–water partition coefficient (Wildman–Crippen LogP) is 2.22. The fraction of sp³-hybridized carbons (Fsp3) is 0.562. The minimum Gasteiger partial charge on any atom is -0.392 e. The molecule has 1 saturated carbocycles. The second-order valence-electron chi connectivity index (χ2n) is 6.21. The summed E-state index contributed by atoms with van der Waals surface area (Å²) in [5, 5.41) is 13.7. The minimum absolute atomic E-state index is 0.0123. The highest BCUT2D eigenvalue weighted by atomic mass is 16.5. The highest BCUT2D eigenvalue weighted by Gasteiger charge is 2.32. The Hall–Kier alpha value is -1.95. The molecule has 3 heterocycles. The van der Waals surface area contributed by atoms with Gasteiger partial charge in [-0.15, -0.1) is 0 Å². The van der Waals surface area contributed by atoms with E-state index in [1.54, 1.807) is 12.4 Å². The molecule has 1 atom stereocenters. The van der Waals surface area contributed by atoms with Gasteiger partial charge in [-0.1, -0.05) is 5.16 Å². The van der Waals surface area contributed by atoms with Crippen molar-refractivity contribution in [1.29, 1.82) is 0 Å². The molecule has 1 unspecified atom stereocenters. The van der Waals surface area contributed by atoms with Crippen LogP contribution in [0.25, 0.3) is 0 Å². The molecule has 0 aromatic carbocycles. The van der Waals surface area contributed by atoms with E-state index in [1.165, 1.54) is 12.8 Å². The van der Waals surface area contributed by atoms with Crippen LogP contribution in [0.4, 0.5) is 5.69 Å². The van der Waals surface area contributed by atoms with Crippen LogP contribution in [0.1, 0.15) is 54.8 Å². The number of aliphatic hydroxyl groups is 1. The van der Waals surface area contributed by atoms with E-state index >= 15 is 0 Å². The molecular formula is C16H20N4O2. The average molecular weight is 300 g/mol. The molecular weight excluding hydrogens is 280 g/mol. The van der Waals surface area contributed by atoms with Gasteiger partial charge in [-0.2, -0.15) is 4.98 Å². The van der Waals surface area contributed by atoms with Crippen LogP contribution < -0.4 is 4.90 Å². The fourth-order valence-corrected chi connectivity index (χ4v) is 3.17. The van der Waals surface area contributed by atoms with Crippen molar-refractivity contribution in [3.8, 4) is 0 Å². The SMILES string of the molecule is OCc1cnccc1N1CCCC(c2noc(C3CC3)n2)C1. The maximum Gasteiger partial charge on any atom is 0.229 e. The lowest BCUT2D eigenvalue weighted by Gasteiger charge is -2.34. The molecule has 4 rings (SSSR count). The lowest BCUT2D eigenvalue weighted by atomic mass is 9.96. The van der Waals surface area contributed by atoms with Crippen LogP contribution >= 0.6 is 0 Å². The smallest absolute Gasteiger partial charge is 0.229 e. The first-order valence-corrected chi connectivity index (χ1v) is 7.97. The normalized spacial score (nSPS) is 22.0. The van der Waals surface area contributed by atoms with Crippen LogP contribution in [0.5, 0.6) is 0 Å². The Morgan fingerprint density at radius 2 is 2.18 bits per heavy atom. The molecule has 2 fully saturated rings. The van der Waals surface area contributed by atoms with Crippen molar-refractivity contribution in [3.05, 3.63) is 35.7 Å². The summed E-state index contributed by atoms with van der Waals surface area (Å²) in [6.45, 7) is 1.86. The largest absolute Gasteiger partial charge is 0.392 e. The first kappa shape index (κ1) is 13.7. The van der Waals surface area contributed by atoms with Gasteiger partial charge in [0.15, 0.2) is 5.82 Å². The summed E-state index contributed by atoms with van der Waals surface area (Å²) in [6.07, 6.45) is 8.03. The first-order chi connectivity index (χ1) is 10.8. The van der Waals surface area contributed by atoms with E-state index in [4.69, 9.17) is 4.52 Å². The predicted molar refractivity (Wildman–Crippen MR) is 80.6 cm³/mol. The number of nitrogens with zero attached hydrogens (tertiary/aromatic N) is 4. The maximum atomic E-state index is 9.50. The topological polar surface area (TPSA) is 75.3 Å². The van der Waals surface area contributed by atoms with Gasteiger partial charge in [-0.05, 0) is 31.7 Å². The van der Waals surface area contributed by atoms with Gasteiger partial charge in [0, 0.05) is 48.6 Å². The third-order valence-corrected chi connectivity index (χ3v) is 4.56. The molecule has 0 spiro atoms. The van der Waals surface area contributed by atoms with E-state index in [1.807, 2.05) is 6.07 Å². The van der Waals surface area contributed by atoms with Gasteiger partial charge in [-0.25, -0.2) is 0 Å². The molecule has 22 heavy (non-hydrogen) atoms. The zero-order valence-electron chi connectivity index (χ0n) is 12.5. The maximum absolute atomic E-state index is 9.50. The van der Waals surface area contributed by atoms with Crippen molar-refractivity contribution >= 4 is 5.69 Å². The van der Waals surface area contributed by atoms with Crippen LogP contribution in [0, 0.1) is 0 Å². The molecule has 1 saturated heterocycles. The molecule has 1 aliphatic heterocycles. The Kier molecular flexibility index (Phi) is 3.54. The summed E-state index contributed by atoms with van der Waals surface area (Å²) in [4.78, 5) is 11.0. The van der Waals surface area contributed by atoms with E-state index in [9.17, 15) is 5.11 Å². The molecule has 1 N–H and O–H groups in total. The summed E-state index contributed by atoms with van der Waals surface area (Å²) < 4.78 is 5.40. The molecule has 2 aliphatic rings. The Bertz CT molecular complexity index is 653. The Balaban J connectivity index is 1.53. The molecule has 1 aliphatic carbocycles. The highest BCUT2D eigenvalue weighted by molar-refractivity contribution is 5.52. The molecule has 2 aromatic rings. The third kappa shape index (κ3) is 2.59. The zero-order valence-corrected chi connectivity index (χ0v) is 12.5. The van der Waals surface area contributed by atoms with Gasteiger partial charge in [-0.3, -0.25) is 4.98 Å². The minimum atomic E-state index is 0.0123. The number of pyridine rings is 1. The molecule has 6 heteroatoms. The number of hydrogen-bond donors (Lipinski definition) is 1. The summed E-state index contributed by atoms with van der Waals surface area (Å²) in [6, 6.07) is 1.97. The van der Waals surface area contributed by atoms with Crippen molar-refractivity contribution in [2.45, 2.75) is 44.1 Å². The van der Waals surface area contributed by atoms with Gasteiger partial charge < -0.3 is 14.5 Å². The van der Waals surface area contributed by atoms with E-state index in [0.29, 0.717) is 11.8 Å². The lowest BCUT2D eigenvalue weighted by Crippen LogP contribution is -2.35. The summed E-state index contributed by atoms with van der Waals surface area (Å²) in [5.74, 6) is 2.45. The van der Waals surface area contributed by atoms with E-state index in [0.717, 1.165) is 48.9 Å². The van der Waals surface area contributed by atoms with Gasteiger partial charge in [0.2, 0.25) is 5.89 Å².